The topological polar surface area (TPSA) is 40.5 Å². The van der Waals surface area contributed by atoms with Crippen LogP contribution in [0.4, 0.5) is 4.39 Å². The average molecular weight is 340 g/mol. The summed E-state index contributed by atoms with van der Waals surface area (Å²) in [6, 6.07) is 4.94. The number of benzene rings is 1. The first-order valence-corrected chi connectivity index (χ1v) is 8.82. The molecule has 1 unspecified atom stereocenters. The van der Waals surface area contributed by atoms with Crippen molar-refractivity contribution in [1.29, 1.82) is 0 Å². The smallest absolute Gasteiger partial charge is 0.226 e. The molecule has 1 amide bonds. The van der Waals surface area contributed by atoms with Crippen LogP contribution >= 0.6 is 11.6 Å². The van der Waals surface area contributed by atoms with Crippen LogP contribution in [0.1, 0.15) is 37.7 Å². The molecule has 1 N–H and O–H groups in total. The van der Waals surface area contributed by atoms with Crippen molar-refractivity contribution in [2.24, 2.45) is 11.8 Å². The van der Waals surface area contributed by atoms with Crippen molar-refractivity contribution < 1.29 is 14.3 Å². The second-order valence-corrected chi connectivity index (χ2v) is 7.19. The van der Waals surface area contributed by atoms with Crippen molar-refractivity contribution in [1.82, 2.24) is 4.90 Å². The van der Waals surface area contributed by atoms with Gasteiger partial charge in [0.15, 0.2) is 0 Å². The summed E-state index contributed by atoms with van der Waals surface area (Å²) in [5, 5.41) is 9.63. The summed E-state index contributed by atoms with van der Waals surface area (Å²) in [5.74, 6) is 0.0286. The zero-order chi connectivity index (χ0) is 16.4. The highest BCUT2D eigenvalue weighted by atomic mass is 35.5. The van der Waals surface area contributed by atoms with Crippen molar-refractivity contribution in [3.63, 3.8) is 0 Å². The molecule has 0 spiro atoms. The van der Waals surface area contributed by atoms with Crippen LogP contribution in [0.15, 0.2) is 18.2 Å². The van der Waals surface area contributed by atoms with Gasteiger partial charge in [-0.25, -0.2) is 4.39 Å². The highest BCUT2D eigenvalue weighted by molar-refractivity contribution is 6.31. The number of likely N-dealkylation sites (tertiary alicyclic amines) is 1. The molecule has 1 saturated carbocycles. The number of carbonyl (C=O) groups excluding carboxylic acids is 1. The van der Waals surface area contributed by atoms with E-state index < -0.39 is 0 Å². The lowest BCUT2D eigenvalue weighted by Gasteiger charge is -2.34. The fraction of sp³-hybridized carbons (Fsp3) is 0.611. The van der Waals surface area contributed by atoms with E-state index in [1.807, 2.05) is 4.90 Å². The second-order valence-electron chi connectivity index (χ2n) is 6.78. The molecule has 3 nitrogen and oxygen atoms in total. The molecular formula is C18H23ClFNO2. The molecule has 0 bridgehead atoms. The van der Waals surface area contributed by atoms with Crippen molar-refractivity contribution >= 4 is 17.5 Å². The van der Waals surface area contributed by atoms with Crippen molar-refractivity contribution in [2.45, 2.75) is 44.6 Å². The predicted molar refractivity (Wildman–Crippen MR) is 87.8 cm³/mol. The first-order chi connectivity index (χ1) is 11.1. The maximum atomic E-state index is 13.9. The maximum Gasteiger partial charge on any atom is 0.226 e. The normalized spacial score (nSPS) is 28.4. The molecule has 2 fully saturated rings. The van der Waals surface area contributed by atoms with Crippen LogP contribution in [0.2, 0.25) is 5.02 Å². The molecule has 1 aliphatic carbocycles. The molecule has 126 valence electrons. The van der Waals surface area contributed by atoms with E-state index in [1.165, 1.54) is 6.07 Å². The zero-order valence-electron chi connectivity index (χ0n) is 13.2. The number of hydrogen-bond acceptors (Lipinski definition) is 2. The fourth-order valence-corrected chi connectivity index (χ4v) is 4.17. The Bertz CT molecular complexity index is 552. The van der Waals surface area contributed by atoms with E-state index in [9.17, 15) is 14.3 Å². The molecular weight excluding hydrogens is 317 g/mol. The van der Waals surface area contributed by atoms with E-state index in [0.717, 1.165) is 38.6 Å². The van der Waals surface area contributed by atoms with Gasteiger partial charge in [-0.3, -0.25) is 4.79 Å². The highest BCUT2D eigenvalue weighted by Gasteiger charge is 2.37. The summed E-state index contributed by atoms with van der Waals surface area (Å²) >= 11 is 6.08. The fourth-order valence-electron chi connectivity index (χ4n) is 3.93. The maximum absolute atomic E-state index is 13.9. The Kier molecular flexibility index (Phi) is 5.22. The molecule has 1 aromatic rings. The lowest BCUT2D eigenvalue weighted by molar-refractivity contribution is -0.133. The molecule has 0 aromatic heterocycles. The number of nitrogens with zero attached hydrogens (tertiary/aromatic N) is 1. The average Bonchev–Trinajstić information content (AvgIpc) is 2.92. The number of hydrogen-bond donors (Lipinski definition) is 1. The third kappa shape index (κ3) is 3.53. The van der Waals surface area contributed by atoms with Gasteiger partial charge in [-0.2, -0.15) is 0 Å². The van der Waals surface area contributed by atoms with Crippen LogP contribution in [0.3, 0.4) is 0 Å². The summed E-state index contributed by atoms with van der Waals surface area (Å²) in [5.41, 5.74) is 0.457. The standard InChI is InChI=1S/C18H23ClFNO2/c19-16-2-1-3-17(20)15(16)10-13-8-9-21(18(13)23)14-6-4-12(11-22)5-7-14/h1-3,12-14,22H,4-11H2/t12-,13?,14+. The van der Waals surface area contributed by atoms with Gasteiger partial charge in [-0.1, -0.05) is 17.7 Å². The van der Waals surface area contributed by atoms with Gasteiger partial charge in [0.2, 0.25) is 5.91 Å². The third-order valence-corrected chi connectivity index (χ3v) is 5.73. The van der Waals surface area contributed by atoms with E-state index >= 15 is 0 Å². The van der Waals surface area contributed by atoms with E-state index in [0.29, 0.717) is 22.9 Å². The van der Waals surface area contributed by atoms with Gasteiger partial charge in [0, 0.05) is 35.7 Å². The van der Waals surface area contributed by atoms with Crippen molar-refractivity contribution in [3.8, 4) is 0 Å². The van der Waals surface area contributed by atoms with Crippen LogP contribution in [0.25, 0.3) is 0 Å². The number of rotatable bonds is 4. The van der Waals surface area contributed by atoms with Gasteiger partial charge >= 0.3 is 0 Å². The first kappa shape index (κ1) is 16.7. The highest BCUT2D eigenvalue weighted by Crippen LogP contribution is 2.33. The lowest BCUT2D eigenvalue weighted by Crippen LogP contribution is -2.40. The first-order valence-electron chi connectivity index (χ1n) is 8.44. The van der Waals surface area contributed by atoms with Crippen LogP contribution in [0.5, 0.6) is 0 Å². The summed E-state index contributed by atoms with van der Waals surface area (Å²) in [4.78, 5) is 14.7. The number of halogens is 2. The van der Waals surface area contributed by atoms with Crippen LogP contribution in [0, 0.1) is 17.7 Å². The second kappa shape index (κ2) is 7.18. The van der Waals surface area contributed by atoms with E-state index in [1.54, 1.807) is 12.1 Å². The number of carbonyl (C=O) groups is 1. The Hall–Kier alpha value is -1.13. The molecule has 1 heterocycles. The van der Waals surface area contributed by atoms with Crippen LogP contribution < -0.4 is 0 Å². The molecule has 1 atom stereocenters. The number of aliphatic hydroxyl groups is 1. The van der Waals surface area contributed by atoms with Gasteiger partial charge in [0.25, 0.3) is 0 Å². The quantitative estimate of drug-likeness (QED) is 0.913. The van der Waals surface area contributed by atoms with Crippen LogP contribution in [-0.2, 0) is 11.2 Å². The molecule has 23 heavy (non-hydrogen) atoms. The molecule has 1 saturated heterocycles. The Morgan fingerprint density at radius 2 is 1.96 bits per heavy atom. The molecule has 5 heteroatoms. The van der Waals surface area contributed by atoms with Gasteiger partial charge in [0.1, 0.15) is 5.82 Å². The van der Waals surface area contributed by atoms with Gasteiger partial charge < -0.3 is 10.0 Å². The molecule has 3 rings (SSSR count). The Balaban J connectivity index is 1.63. The minimum Gasteiger partial charge on any atom is -0.396 e. The molecule has 1 aliphatic heterocycles. The summed E-state index contributed by atoms with van der Waals surface area (Å²) < 4.78 is 13.9. The monoisotopic (exact) mass is 339 g/mol. The Labute approximate surface area is 141 Å². The predicted octanol–water partition coefficient (Wildman–Crippen LogP) is 3.42. The van der Waals surface area contributed by atoms with Crippen molar-refractivity contribution in [3.05, 3.63) is 34.6 Å². The Morgan fingerprint density at radius 1 is 1.22 bits per heavy atom. The summed E-state index contributed by atoms with van der Waals surface area (Å²) in [6.45, 7) is 0.999. The van der Waals surface area contributed by atoms with Crippen LogP contribution in [-0.4, -0.2) is 35.1 Å². The SMILES string of the molecule is O=C1C(Cc2c(F)cccc2Cl)CCN1[C@H]1CC[C@@H](CO)CC1. The molecule has 2 aliphatic rings. The summed E-state index contributed by atoms with van der Waals surface area (Å²) in [7, 11) is 0. The van der Waals surface area contributed by atoms with Crippen molar-refractivity contribution in [2.75, 3.05) is 13.2 Å². The van der Waals surface area contributed by atoms with Gasteiger partial charge in [0.05, 0.1) is 0 Å². The Morgan fingerprint density at radius 3 is 2.61 bits per heavy atom. The zero-order valence-corrected chi connectivity index (χ0v) is 13.9. The minimum absolute atomic E-state index is 0.136. The minimum atomic E-state index is -0.327. The van der Waals surface area contributed by atoms with Gasteiger partial charge in [-0.15, -0.1) is 0 Å². The van der Waals surface area contributed by atoms with E-state index in [4.69, 9.17) is 11.6 Å². The molecule has 1 aromatic carbocycles. The summed E-state index contributed by atoms with van der Waals surface area (Å²) in [6.07, 6.45) is 5.04. The largest absolute Gasteiger partial charge is 0.396 e. The number of amides is 1. The lowest BCUT2D eigenvalue weighted by atomic mass is 9.86. The number of aliphatic hydroxyl groups excluding tert-OH is 1. The van der Waals surface area contributed by atoms with E-state index in [-0.39, 0.29) is 30.3 Å². The molecule has 0 radical (unpaired) electrons. The van der Waals surface area contributed by atoms with E-state index in [2.05, 4.69) is 0 Å². The third-order valence-electron chi connectivity index (χ3n) is 5.38. The van der Waals surface area contributed by atoms with Gasteiger partial charge in [-0.05, 0) is 56.6 Å².